The predicted molar refractivity (Wildman–Crippen MR) is 292 cm³/mol. The molecular weight excluding hydrogens is 913 g/mol. The molecule has 3 amide bonds. The molecule has 0 bridgehead atoms. The minimum Gasteiger partial charge on any atom is -0.462 e. The van der Waals surface area contributed by atoms with Crippen LogP contribution in [-0.4, -0.2) is 102 Å². The molecule has 14 nitrogen and oxygen atoms in total. The zero-order valence-electron chi connectivity index (χ0n) is 47.8. The van der Waals surface area contributed by atoms with Crippen molar-refractivity contribution in [3.05, 3.63) is 0 Å². The van der Waals surface area contributed by atoms with Crippen molar-refractivity contribution in [3.63, 3.8) is 0 Å². The average molecular weight is 1030 g/mol. The van der Waals surface area contributed by atoms with Crippen LogP contribution in [0.15, 0.2) is 0 Å². The molecule has 0 saturated carbocycles. The van der Waals surface area contributed by atoms with E-state index in [4.69, 9.17) is 29.8 Å². The third-order valence-electron chi connectivity index (χ3n) is 13.3. The van der Waals surface area contributed by atoms with Crippen molar-refractivity contribution in [3.8, 4) is 0 Å². The fraction of sp³-hybridized carbons (Fsp3) is 0.914. The summed E-state index contributed by atoms with van der Waals surface area (Å²) in [6.45, 7) is 18.2. The maximum atomic E-state index is 13.1. The molecule has 5 N–H and O–H groups in total. The fourth-order valence-electron chi connectivity index (χ4n) is 8.82. The number of carbonyl (C=O) groups is 5. The molecule has 0 aromatic carbocycles. The highest BCUT2D eigenvalue weighted by Crippen LogP contribution is 2.30. The average Bonchev–Trinajstić information content (AvgIpc) is 3.66. The molecule has 1 aliphatic rings. The monoisotopic (exact) mass is 1020 g/mol. The summed E-state index contributed by atoms with van der Waals surface area (Å²) in [5, 5.41) is 14.6. The zero-order valence-corrected chi connectivity index (χ0v) is 47.8. The van der Waals surface area contributed by atoms with Gasteiger partial charge in [-0.25, -0.2) is 4.79 Å². The zero-order chi connectivity index (χ0) is 53.9. The molecule has 0 aromatic heterocycles. The maximum Gasteiger partial charge on any atom is 0.413 e. The number of carbonyl (C=O) groups excluding carboxylic acids is 5. The number of nitrogens with two attached hydrogens (primary N) is 1. The molecule has 1 rings (SSSR count). The molecular formula is C58H112N4O10. The minimum absolute atomic E-state index is 0.104. The molecule has 0 aliphatic carbocycles. The number of esters is 2. The molecule has 424 valence electrons. The van der Waals surface area contributed by atoms with Crippen LogP contribution in [0.25, 0.3) is 0 Å². The van der Waals surface area contributed by atoms with Crippen molar-refractivity contribution in [1.29, 1.82) is 0 Å². The van der Waals surface area contributed by atoms with Crippen molar-refractivity contribution in [2.45, 2.75) is 316 Å². The second-order valence-electron chi connectivity index (χ2n) is 21.9. The Kier molecular flexibility index (Phi) is 42.5. The van der Waals surface area contributed by atoms with Crippen LogP contribution in [0, 0.1) is 0 Å². The van der Waals surface area contributed by atoms with E-state index in [9.17, 15) is 24.0 Å². The van der Waals surface area contributed by atoms with Crippen molar-refractivity contribution in [2.24, 2.45) is 5.73 Å². The number of hydrogen-bond donors (Lipinski definition) is 4. The van der Waals surface area contributed by atoms with Crippen molar-refractivity contribution in [2.75, 3.05) is 26.3 Å². The van der Waals surface area contributed by atoms with Gasteiger partial charge in [0, 0.05) is 38.8 Å². The number of amides is 3. The topological polar surface area (TPSA) is 196 Å². The van der Waals surface area contributed by atoms with Gasteiger partial charge in [0.2, 0.25) is 11.8 Å². The van der Waals surface area contributed by atoms with Gasteiger partial charge in [0.1, 0.15) is 35.6 Å². The normalized spacial score (nSPS) is 15.5. The summed E-state index contributed by atoms with van der Waals surface area (Å²) in [7, 11) is 0. The lowest BCUT2D eigenvalue weighted by Crippen LogP contribution is -2.54. The second kappa shape index (κ2) is 44.3. The Labute approximate surface area is 440 Å². The van der Waals surface area contributed by atoms with Gasteiger partial charge in [-0.1, -0.05) is 182 Å². The molecule has 4 atom stereocenters. The third-order valence-corrected chi connectivity index (χ3v) is 13.3. The van der Waals surface area contributed by atoms with Crippen LogP contribution in [0.3, 0.4) is 0 Å². The van der Waals surface area contributed by atoms with Crippen LogP contribution in [0.2, 0.25) is 0 Å². The SMILES string of the molecule is CCCCCCCCCCCC(=O)O[C@H](CCCCCCC)CCNC(=O)[C@@H](N)CO.CCCCCCCCCCCC(=O)O[C@H](CCCCCCC)CCNC(=O)[C@@H]1COC(C)(C)N1C(=O)OC(C)(C)C. The number of aliphatic hydroxyl groups excluding tert-OH is 1. The molecule has 1 heterocycles. The number of ether oxygens (including phenoxy) is 4. The predicted octanol–water partition coefficient (Wildman–Crippen LogP) is 13.1. The van der Waals surface area contributed by atoms with Gasteiger partial charge in [-0.15, -0.1) is 0 Å². The molecule has 1 fully saturated rings. The largest absolute Gasteiger partial charge is 0.462 e. The number of nitrogens with zero attached hydrogens (tertiary/aromatic N) is 1. The van der Waals surface area contributed by atoms with Crippen molar-refractivity contribution >= 4 is 29.8 Å². The Hall–Kier alpha value is -2.97. The molecule has 0 radical (unpaired) electrons. The van der Waals surface area contributed by atoms with E-state index in [1.807, 2.05) is 0 Å². The first-order chi connectivity index (χ1) is 34.5. The number of nitrogens with one attached hydrogen (secondary N) is 2. The van der Waals surface area contributed by atoms with Crippen molar-refractivity contribution < 1.29 is 48.0 Å². The van der Waals surface area contributed by atoms with E-state index in [1.54, 1.807) is 34.6 Å². The third kappa shape index (κ3) is 37.7. The van der Waals surface area contributed by atoms with Crippen LogP contribution in [0.5, 0.6) is 0 Å². The smallest absolute Gasteiger partial charge is 0.413 e. The van der Waals surface area contributed by atoms with Gasteiger partial charge in [-0.3, -0.25) is 24.1 Å². The minimum atomic E-state index is -0.948. The first-order valence-electron chi connectivity index (χ1n) is 29.4. The highest BCUT2D eigenvalue weighted by molar-refractivity contribution is 5.86. The van der Waals surface area contributed by atoms with Gasteiger partial charge >= 0.3 is 18.0 Å². The second-order valence-corrected chi connectivity index (χ2v) is 21.9. The van der Waals surface area contributed by atoms with E-state index in [2.05, 4.69) is 38.3 Å². The Morgan fingerprint density at radius 2 is 0.944 bits per heavy atom. The Morgan fingerprint density at radius 1 is 0.583 bits per heavy atom. The maximum absolute atomic E-state index is 13.1. The van der Waals surface area contributed by atoms with Crippen LogP contribution >= 0.6 is 0 Å². The molecule has 0 aromatic rings. The van der Waals surface area contributed by atoms with Gasteiger partial charge in [0.05, 0.1) is 13.2 Å². The van der Waals surface area contributed by atoms with E-state index in [0.29, 0.717) is 38.8 Å². The summed E-state index contributed by atoms with van der Waals surface area (Å²) in [5.41, 5.74) is 3.88. The van der Waals surface area contributed by atoms with Gasteiger partial charge < -0.3 is 40.4 Å². The van der Waals surface area contributed by atoms with E-state index in [0.717, 1.165) is 64.2 Å². The van der Waals surface area contributed by atoms with Gasteiger partial charge in [0.25, 0.3) is 0 Å². The van der Waals surface area contributed by atoms with Gasteiger partial charge in [0.15, 0.2) is 0 Å². The Bertz CT molecular complexity index is 1370. The van der Waals surface area contributed by atoms with Crippen LogP contribution < -0.4 is 16.4 Å². The lowest BCUT2D eigenvalue weighted by Gasteiger charge is -2.34. The molecule has 1 aliphatic heterocycles. The van der Waals surface area contributed by atoms with E-state index < -0.39 is 29.5 Å². The first kappa shape index (κ1) is 69.0. The number of unbranched alkanes of at least 4 members (excludes halogenated alkanes) is 24. The molecule has 72 heavy (non-hydrogen) atoms. The van der Waals surface area contributed by atoms with E-state index >= 15 is 0 Å². The summed E-state index contributed by atoms with van der Waals surface area (Å²) in [4.78, 5) is 64.0. The number of aliphatic hydroxyl groups is 1. The number of hydrogen-bond acceptors (Lipinski definition) is 11. The van der Waals surface area contributed by atoms with Gasteiger partial charge in [-0.05, 0) is 73.1 Å². The summed E-state index contributed by atoms with van der Waals surface area (Å²) in [6, 6.07) is -1.68. The highest BCUT2D eigenvalue weighted by atomic mass is 16.6. The fourth-order valence-corrected chi connectivity index (χ4v) is 8.82. The number of rotatable bonds is 43. The standard InChI is InChI=1S/C33H62N2O6.C25H50N2O4/c1-8-10-12-14-15-16-17-19-21-23-29(36)40-27(22-20-18-13-11-9-2)24-25-34-30(37)28-26-39-33(6,7)35(28)31(38)41-32(3,4)5;1-3-5-7-9-10-11-12-14-16-18-24(29)31-22(17-15-13-8-6-4-2)19-20-27-25(30)23(26)21-28/h27-28H,8-26H2,1-7H3,(H,34,37);22-23,28H,3-21,26H2,1-2H3,(H,27,30)/t27-,28+;22-,23+/m11/s1. The first-order valence-corrected chi connectivity index (χ1v) is 29.4. The molecule has 0 unspecified atom stereocenters. The van der Waals surface area contributed by atoms with E-state index in [-0.39, 0.29) is 49.2 Å². The van der Waals surface area contributed by atoms with Gasteiger partial charge in [-0.2, -0.15) is 0 Å². The van der Waals surface area contributed by atoms with Crippen LogP contribution in [0.4, 0.5) is 4.79 Å². The quantitative estimate of drug-likeness (QED) is 0.0258. The summed E-state index contributed by atoms with van der Waals surface area (Å²) < 4.78 is 22.9. The van der Waals surface area contributed by atoms with Crippen molar-refractivity contribution in [1.82, 2.24) is 15.5 Å². The highest BCUT2D eigenvalue weighted by Gasteiger charge is 2.48. The molecule has 1 saturated heterocycles. The Balaban J connectivity index is 0.00000146. The van der Waals surface area contributed by atoms with Crippen LogP contribution in [0.1, 0.15) is 281 Å². The van der Waals surface area contributed by atoms with E-state index in [1.165, 1.54) is 133 Å². The summed E-state index contributed by atoms with van der Waals surface area (Å²) >= 11 is 0. The molecule has 0 spiro atoms. The molecule has 14 heteroatoms. The lowest BCUT2D eigenvalue weighted by atomic mass is 10.1. The summed E-state index contributed by atoms with van der Waals surface area (Å²) in [5.74, 6) is -0.922. The van der Waals surface area contributed by atoms with Crippen LogP contribution in [-0.2, 0) is 38.1 Å². The Morgan fingerprint density at radius 3 is 1.32 bits per heavy atom. The lowest BCUT2D eigenvalue weighted by molar-refractivity contribution is -0.151. The summed E-state index contributed by atoms with van der Waals surface area (Å²) in [6.07, 6.45) is 36.1.